The van der Waals surface area contributed by atoms with E-state index in [1.54, 1.807) is 18.2 Å². The molecule has 85 heavy (non-hydrogen) atoms. The Bertz CT molecular complexity index is 2500. The molecule has 6 N–H and O–H groups in total. The van der Waals surface area contributed by atoms with E-state index >= 15 is 0 Å². The smallest absolute Gasteiger partial charge is 0.805 e. The standard InChI is InChI=1S/C42H58N4.C12H12N2O4.C8H18.C6H14.2CHNS.Ru/c1-7-13-15-35(11-5)31-46(32-36(12-6)16-14-8-2)40-27-23-38(24-28-40)20-18-34(10-4)30-42(45)41(44)29-33(9-3)17-19-37-21-25-39(43)26-22-37;1-3-7(11(15)16)5-9(13)10(14)6-8(4-2)12(17)18;1-4-6-7-8(3)5-2;1-4-6(3)5-2;2*2-1-3;/h9-10,17-30,35-36,45H,3,7-8,11-16,31-32,43H2,1-2,4-6H3;3-6,14H,1H2,2H3,(H,15,16)(H,17,18);8H,4-7H2,1-3H3;6H,4-5H2,1-3H3;2*3H;/q2*-2;;;;;+6/p-2/b19-17+,20-18+,33-29+,34-10-,42-30+;7-5+,8-4+,10-6-;;;;;. The monoisotopic (exact) mass is 1280 g/mol. The van der Waals surface area contributed by atoms with Crippen LogP contribution in [0.15, 0.2) is 156 Å². The number of benzene rings is 2. The third-order valence-corrected chi connectivity index (χ3v) is 13.7. The Kier molecular flexibility index (Phi) is 59.2. The van der Waals surface area contributed by atoms with Crippen LogP contribution in [0.25, 0.3) is 34.4 Å². The second-order valence-corrected chi connectivity index (χ2v) is 20.5. The molecule has 466 valence electrons. The van der Waals surface area contributed by atoms with Crippen LogP contribution in [0.2, 0.25) is 0 Å². The summed E-state index contributed by atoms with van der Waals surface area (Å²) in [4.78, 5) is 23.9. The van der Waals surface area contributed by atoms with Crippen LogP contribution in [0.4, 0.5) is 11.4 Å². The largest absolute Gasteiger partial charge is 6.00 e. The summed E-state index contributed by atoms with van der Waals surface area (Å²) in [5.41, 5.74) is 25.5. The first-order valence-electron chi connectivity index (χ1n) is 29.6. The summed E-state index contributed by atoms with van der Waals surface area (Å²) in [5.74, 6) is 0.767. The molecule has 0 bridgehead atoms. The van der Waals surface area contributed by atoms with Gasteiger partial charge in [-0.3, -0.25) is 0 Å². The number of carboxylic acids is 2. The first-order chi connectivity index (χ1) is 40.0. The zero-order valence-electron chi connectivity index (χ0n) is 53.3. The molecule has 3 atom stereocenters. The van der Waals surface area contributed by atoms with Gasteiger partial charge in [0.25, 0.3) is 0 Å². The molecule has 0 saturated carbocycles. The molecule has 15 heteroatoms. The van der Waals surface area contributed by atoms with E-state index in [-0.39, 0.29) is 42.0 Å². The van der Waals surface area contributed by atoms with E-state index in [2.05, 4.69) is 143 Å². The molecular formula is C70H102N8O4RuS2. The molecule has 3 unspecified atom stereocenters. The van der Waals surface area contributed by atoms with Crippen LogP contribution in [0.5, 0.6) is 0 Å². The minimum Gasteiger partial charge on any atom is -0.805 e. The van der Waals surface area contributed by atoms with Gasteiger partial charge in [-0.25, -0.2) is 20.1 Å². The van der Waals surface area contributed by atoms with Crippen molar-refractivity contribution in [1.29, 1.82) is 10.5 Å². The average Bonchev–Trinajstić information content (AvgIpc) is 3.61. The summed E-state index contributed by atoms with van der Waals surface area (Å²) >= 11 is 7.40. The van der Waals surface area contributed by atoms with Crippen LogP contribution in [-0.2, 0) is 54.3 Å². The minimum atomic E-state index is -1.31. The van der Waals surface area contributed by atoms with E-state index in [1.165, 1.54) is 119 Å². The normalized spacial score (nSPS) is 12.6. The molecular weight excluding hydrogens is 1180 g/mol. The predicted molar refractivity (Wildman–Crippen MR) is 370 cm³/mol. The van der Waals surface area contributed by atoms with Gasteiger partial charge in [-0.05, 0) is 96.9 Å². The molecule has 0 fully saturated rings. The molecule has 0 aliphatic rings. The number of carboxylic acid groups (broad SMARTS) is 2. The first kappa shape index (κ1) is 87.1. The van der Waals surface area contributed by atoms with Gasteiger partial charge in [-0.15, -0.1) is 0 Å². The number of nitrogens with one attached hydrogen (secondary N) is 2. The molecule has 0 spiro atoms. The van der Waals surface area contributed by atoms with E-state index in [4.69, 9.17) is 37.9 Å². The van der Waals surface area contributed by atoms with Crippen molar-refractivity contribution in [2.75, 3.05) is 23.7 Å². The maximum absolute atomic E-state index is 10.7. The molecule has 0 aliphatic heterocycles. The van der Waals surface area contributed by atoms with Crippen molar-refractivity contribution in [3.05, 3.63) is 190 Å². The maximum Gasteiger partial charge on any atom is 6.00 e. The number of nitriles is 2. The number of rotatable bonds is 33. The molecule has 2 aromatic carbocycles. The van der Waals surface area contributed by atoms with Crippen LogP contribution < -0.4 is 10.6 Å². The Labute approximate surface area is 539 Å². The number of nitrogen functional groups attached to an aromatic ring is 1. The Morgan fingerprint density at radius 1 is 0.612 bits per heavy atom. The number of carbonyl (C=O) groups is 2. The number of hydrogen-bond acceptors (Lipinski definition) is 8. The number of unbranched alkanes of at least 4 members (excludes halogenated alkanes) is 3. The summed E-state index contributed by atoms with van der Waals surface area (Å²) in [5, 5.41) is 54.4. The van der Waals surface area contributed by atoms with Gasteiger partial charge in [0.05, 0.1) is 11.1 Å². The number of hydrogen-bond donors (Lipinski definition) is 3. The third-order valence-electron chi connectivity index (χ3n) is 13.7. The average molecular weight is 1280 g/mol. The first-order valence-corrected chi connectivity index (χ1v) is 30.4. The summed E-state index contributed by atoms with van der Waals surface area (Å²) in [6, 6.07) is 16.4. The third kappa shape index (κ3) is 46.4. The second-order valence-electron chi connectivity index (χ2n) is 20.1. The van der Waals surface area contributed by atoms with Gasteiger partial charge in [0, 0.05) is 24.5 Å². The fourth-order valence-corrected chi connectivity index (χ4v) is 7.39. The SMILES string of the molecule is C=C/C(=C\C(=[N-])/C([NH-])=C/C(=C\C)C(=O)O)C(=O)O.C=CC(/C=C/c1ccc(N)cc1)=C\C(=[N-])\C([NH-])=C/C(=C\C)/C=C/c1ccc(N(CC(CC)CCCC)CC(CC)CCCC)cc1.CCC(C)CC.CCCCC(C)CC.N#C[S-].N#C[S-].[Ru+6]. The fraction of sp³-hybridized carbons (Fsp3) is 0.457. The van der Waals surface area contributed by atoms with Gasteiger partial charge >= 0.3 is 31.4 Å². The Balaban J connectivity index is -0.000000443. The van der Waals surface area contributed by atoms with Crippen LogP contribution in [0, 0.1) is 45.0 Å². The van der Waals surface area contributed by atoms with Crippen LogP contribution in [0.3, 0.4) is 0 Å². The van der Waals surface area contributed by atoms with Crippen molar-refractivity contribution < 1.29 is 39.3 Å². The number of anilines is 2. The predicted octanol–water partition coefficient (Wildman–Crippen LogP) is 20.1. The van der Waals surface area contributed by atoms with Gasteiger partial charge in [0.15, 0.2) is 0 Å². The number of thiocyanates is 2. The van der Waals surface area contributed by atoms with Crippen molar-refractivity contribution in [3.8, 4) is 10.8 Å². The molecule has 0 radical (unpaired) electrons. The summed E-state index contributed by atoms with van der Waals surface area (Å²) in [7, 11) is 0. The van der Waals surface area contributed by atoms with Crippen molar-refractivity contribution >= 4 is 72.1 Å². The van der Waals surface area contributed by atoms with Crippen LogP contribution in [0.1, 0.15) is 184 Å². The minimum absolute atomic E-state index is 0. The van der Waals surface area contributed by atoms with Crippen molar-refractivity contribution in [3.63, 3.8) is 0 Å². The van der Waals surface area contributed by atoms with E-state index in [1.807, 2.05) is 55.5 Å². The molecule has 0 aliphatic carbocycles. The molecule has 0 heterocycles. The molecule has 12 nitrogen and oxygen atoms in total. The number of nitrogens with zero attached hydrogens (tertiary/aromatic N) is 5. The van der Waals surface area contributed by atoms with E-state index in [0.717, 1.165) is 71.7 Å². The molecule has 2 aromatic rings. The summed E-state index contributed by atoms with van der Waals surface area (Å²) < 4.78 is 0. The molecule has 0 aromatic heterocycles. The van der Waals surface area contributed by atoms with Gasteiger partial charge in [-0.2, -0.15) is 22.8 Å². The van der Waals surface area contributed by atoms with Gasteiger partial charge in [0.2, 0.25) is 0 Å². The van der Waals surface area contributed by atoms with Crippen LogP contribution in [-0.4, -0.2) is 46.7 Å². The Morgan fingerprint density at radius 3 is 1.36 bits per heavy atom. The van der Waals surface area contributed by atoms with Crippen molar-refractivity contribution in [2.24, 2.45) is 23.7 Å². The summed E-state index contributed by atoms with van der Waals surface area (Å²) in [6.07, 6.45) is 37.0. The number of allylic oxidation sites excluding steroid dienone is 10. The van der Waals surface area contributed by atoms with Crippen LogP contribution >= 0.6 is 0 Å². The zero-order chi connectivity index (χ0) is 64.8. The van der Waals surface area contributed by atoms with Gasteiger partial charge in [-0.1, -0.05) is 267 Å². The van der Waals surface area contributed by atoms with Gasteiger partial charge < -0.3 is 68.4 Å². The maximum atomic E-state index is 10.7. The molecule has 0 amide bonds. The van der Waals surface area contributed by atoms with E-state index in [9.17, 15) is 20.4 Å². The van der Waals surface area contributed by atoms with E-state index < -0.39 is 23.3 Å². The number of nitrogens with two attached hydrogens (primary N) is 1. The quantitative estimate of drug-likeness (QED) is 0.0116. The van der Waals surface area contributed by atoms with Gasteiger partial charge in [0.1, 0.15) is 0 Å². The Hall–Kier alpha value is -6.64. The molecule has 0 saturated heterocycles. The number of aliphatic carboxylic acids is 2. The topological polar surface area (TPSA) is 244 Å². The second kappa shape index (κ2) is 57.8. The fourth-order valence-electron chi connectivity index (χ4n) is 7.39. The molecule has 2 rings (SSSR count). The van der Waals surface area contributed by atoms with Crippen molar-refractivity contribution in [2.45, 2.75) is 173 Å². The summed E-state index contributed by atoms with van der Waals surface area (Å²) in [6.45, 7) is 35.6. The van der Waals surface area contributed by atoms with E-state index in [0.29, 0.717) is 11.3 Å². The zero-order valence-corrected chi connectivity index (χ0v) is 56.6. The Morgan fingerprint density at radius 2 is 1.01 bits per heavy atom. The van der Waals surface area contributed by atoms with Crippen molar-refractivity contribution in [1.82, 2.24) is 0 Å².